The van der Waals surface area contributed by atoms with Crippen molar-refractivity contribution in [3.05, 3.63) is 29.8 Å². The third-order valence-corrected chi connectivity index (χ3v) is 2.96. The first-order valence-corrected chi connectivity index (χ1v) is 6.57. The van der Waals surface area contributed by atoms with Crippen molar-refractivity contribution in [2.24, 2.45) is 0 Å². The Morgan fingerprint density at radius 2 is 1.71 bits per heavy atom. The van der Waals surface area contributed by atoms with E-state index in [4.69, 9.17) is 0 Å². The molecule has 0 aliphatic rings. The Morgan fingerprint density at radius 3 is 2.41 bits per heavy atom. The predicted octanol–water partition coefficient (Wildman–Crippen LogP) is 4.33. The number of para-hydroxylation sites is 1. The second-order valence-electron chi connectivity index (χ2n) is 4.46. The largest absolute Gasteiger partial charge is 0.507 e. The summed E-state index contributed by atoms with van der Waals surface area (Å²) in [6.45, 7) is 2.20. The van der Waals surface area contributed by atoms with Crippen LogP contribution < -0.4 is 0 Å². The molecule has 2 nitrogen and oxygen atoms in total. The summed E-state index contributed by atoms with van der Waals surface area (Å²) in [5, 5.41) is 9.53. The topological polar surface area (TPSA) is 37.3 Å². The molecule has 0 unspecified atom stereocenters. The van der Waals surface area contributed by atoms with Gasteiger partial charge in [-0.1, -0.05) is 51.2 Å². The molecule has 0 atom stereocenters. The highest BCUT2D eigenvalue weighted by Gasteiger charge is 2.09. The summed E-state index contributed by atoms with van der Waals surface area (Å²) in [4.78, 5) is 11.8. The molecule has 1 aromatic carbocycles. The van der Waals surface area contributed by atoms with E-state index in [0.29, 0.717) is 12.0 Å². The van der Waals surface area contributed by atoms with E-state index >= 15 is 0 Å². The number of carbonyl (C=O) groups excluding carboxylic acids is 1. The molecule has 0 amide bonds. The highest BCUT2D eigenvalue weighted by molar-refractivity contribution is 5.98. The van der Waals surface area contributed by atoms with Crippen LogP contribution in [0.1, 0.15) is 62.2 Å². The van der Waals surface area contributed by atoms with Crippen LogP contribution in [0.15, 0.2) is 24.3 Å². The van der Waals surface area contributed by atoms with Gasteiger partial charge in [-0.25, -0.2) is 0 Å². The van der Waals surface area contributed by atoms with Crippen LogP contribution in [0.5, 0.6) is 5.75 Å². The van der Waals surface area contributed by atoms with E-state index in [0.717, 1.165) is 12.8 Å². The van der Waals surface area contributed by atoms with Gasteiger partial charge in [0.15, 0.2) is 5.78 Å². The predicted molar refractivity (Wildman–Crippen MR) is 70.4 cm³/mol. The lowest BCUT2D eigenvalue weighted by molar-refractivity contribution is 0.0976. The van der Waals surface area contributed by atoms with Crippen LogP contribution >= 0.6 is 0 Å². The summed E-state index contributed by atoms with van der Waals surface area (Å²) in [5.41, 5.74) is 0.459. The number of unbranched alkanes of at least 4 members (excludes halogenated alkanes) is 5. The SMILES string of the molecule is CCCCCCCCC(=O)c1ccccc1O. The number of phenolic OH excluding ortho intramolecular Hbond substituents is 1. The number of hydrogen-bond donors (Lipinski definition) is 1. The molecule has 0 saturated heterocycles. The van der Waals surface area contributed by atoms with E-state index in [1.807, 2.05) is 0 Å². The molecular formula is C15H22O2. The number of rotatable bonds is 8. The van der Waals surface area contributed by atoms with E-state index in [2.05, 4.69) is 6.92 Å². The van der Waals surface area contributed by atoms with Gasteiger partial charge in [-0.2, -0.15) is 0 Å². The second-order valence-corrected chi connectivity index (χ2v) is 4.46. The highest BCUT2D eigenvalue weighted by Crippen LogP contribution is 2.19. The average molecular weight is 234 g/mol. The van der Waals surface area contributed by atoms with Crippen molar-refractivity contribution in [3.8, 4) is 5.75 Å². The molecule has 0 aliphatic heterocycles. The summed E-state index contributed by atoms with van der Waals surface area (Å²) in [5.74, 6) is 0.155. The van der Waals surface area contributed by atoms with Gasteiger partial charge < -0.3 is 5.11 Å². The van der Waals surface area contributed by atoms with Gasteiger partial charge in [-0.15, -0.1) is 0 Å². The Morgan fingerprint density at radius 1 is 1.06 bits per heavy atom. The van der Waals surface area contributed by atoms with Gasteiger partial charge in [0, 0.05) is 6.42 Å². The molecule has 1 N–H and O–H groups in total. The molecule has 0 spiro atoms. The molecule has 0 bridgehead atoms. The van der Waals surface area contributed by atoms with Crippen LogP contribution in [0.3, 0.4) is 0 Å². The molecule has 17 heavy (non-hydrogen) atoms. The summed E-state index contributed by atoms with van der Waals surface area (Å²) in [7, 11) is 0. The van der Waals surface area contributed by atoms with Gasteiger partial charge in [-0.3, -0.25) is 4.79 Å². The average Bonchev–Trinajstić information content (AvgIpc) is 2.34. The van der Waals surface area contributed by atoms with Crippen LogP contribution in [-0.4, -0.2) is 10.9 Å². The van der Waals surface area contributed by atoms with Crippen molar-refractivity contribution in [1.82, 2.24) is 0 Å². The molecule has 0 aliphatic carbocycles. The van der Waals surface area contributed by atoms with Gasteiger partial charge >= 0.3 is 0 Å². The summed E-state index contributed by atoms with van der Waals surface area (Å²) < 4.78 is 0. The highest BCUT2D eigenvalue weighted by atomic mass is 16.3. The third-order valence-electron chi connectivity index (χ3n) is 2.96. The fraction of sp³-hybridized carbons (Fsp3) is 0.533. The number of ketones is 1. The van der Waals surface area contributed by atoms with E-state index in [1.54, 1.807) is 24.3 Å². The Balaban J connectivity index is 2.24. The Labute approximate surface area is 104 Å². The minimum atomic E-state index is 0.0543. The summed E-state index contributed by atoms with van der Waals surface area (Å²) in [6, 6.07) is 6.77. The molecule has 1 rings (SSSR count). The zero-order valence-corrected chi connectivity index (χ0v) is 10.6. The van der Waals surface area contributed by atoms with Gasteiger partial charge in [0.1, 0.15) is 5.75 Å². The van der Waals surface area contributed by atoms with E-state index in [9.17, 15) is 9.90 Å². The first-order valence-electron chi connectivity index (χ1n) is 6.57. The molecule has 0 heterocycles. The quantitative estimate of drug-likeness (QED) is 0.537. The van der Waals surface area contributed by atoms with Crippen molar-refractivity contribution < 1.29 is 9.90 Å². The Hall–Kier alpha value is -1.31. The van der Waals surface area contributed by atoms with Crippen LogP contribution in [0.4, 0.5) is 0 Å². The number of phenols is 1. The lowest BCUT2D eigenvalue weighted by atomic mass is 10.0. The van der Waals surface area contributed by atoms with Crippen molar-refractivity contribution >= 4 is 5.78 Å². The lowest BCUT2D eigenvalue weighted by Gasteiger charge is -2.03. The van der Waals surface area contributed by atoms with Crippen LogP contribution in [0, 0.1) is 0 Å². The number of hydrogen-bond acceptors (Lipinski definition) is 2. The molecule has 94 valence electrons. The first kappa shape index (κ1) is 13.8. The standard InChI is InChI=1S/C15H22O2/c1-2-3-4-5-6-7-11-14(16)13-10-8-9-12-15(13)17/h8-10,12,17H,2-7,11H2,1H3. The maximum atomic E-state index is 11.8. The molecule has 0 radical (unpaired) electrons. The smallest absolute Gasteiger partial charge is 0.166 e. The summed E-state index contributed by atoms with van der Waals surface area (Å²) >= 11 is 0. The fourth-order valence-electron chi connectivity index (χ4n) is 1.91. The zero-order chi connectivity index (χ0) is 12.5. The van der Waals surface area contributed by atoms with Crippen LogP contribution in [0.2, 0.25) is 0 Å². The third kappa shape index (κ3) is 5.03. The van der Waals surface area contributed by atoms with Crippen LogP contribution in [-0.2, 0) is 0 Å². The molecular weight excluding hydrogens is 212 g/mol. The van der Waals surface area contributed by atoms with Crippen LogP contribution in [0.25, 0.3) is 0 Å². The molecule has 0 fully saturated rings. The fourth-order valence-corrected chi connectivity index (χ4v) is 1.91. The second kappa shape index (κ2) is 7.88. The Kier molecular flexibility index (Phi) is 6.38. The lowest BCUT2D eigenvalue weighted by Crippen LogP contribution is -1.99. The van der Waals surface area contributed by atoms with E-state index < -0.39 is 0 Å². The number of aromatic hydroxyl groups is 1. The maximum Gasteiger partial charge on any atom is 0.166 e. The maximum absolute atomic E-state index is 11.8. The van der Waals surface area contributed by atoms with Gasteiger partial charge in [0.25, 0.3) is 0 Å². The van der Waals surface area contributed by atoms with Crippen molar-refractivity contribution in [3.63, 3.8) is 0 Å². The molecule has 1 aromatic rings. The first-order chi connectivity index (χ1) is 8.25. The normalized spacial score (nSPS) is 10.4. The molecule has 0 saturated carbocycles. The number of carbonyl (C=O) groups is 1. The van der Waals surface area contributed by atoms with E-state index in [1.165, 1.54) is 25.7 Å². The van der Waals surface area contributed by atoms with E-state index in [-0.39, 0.29) is 11.5 Å². The number of benzene rings is 1. The van der Waals surface area contributed by atoms with Gasteiger partial charge in [0.2, 0.25) is 0 Å². The monoisotopic (exact) mass is 234 g/mol. The minimum Gasteiger partial charge on any atom is -0.507 e. The van der Waals surface area contributed by atoms with Crippen molar-refractivity contribution in [1.29, 1.82) is 0 Å². The zero-order valence-electron chi connectivity index (χ0n) is 10.6. The van der Waals surface area contributed by atoms with Gasteiger partial charge in [0.05, 0.1) is 5.56 Å². The van der Waals surface area contributed by atoms with Gasteiger partial charge in [-0.05, 0) is 18.6 Å². The molecule has 0 aromatic heterocycles. The Bertz CT molecular complexity index is 345. The summed E-state index contributed by atoms with van der Waals surface area (Å²) in [6.07, 6.45) is 7.59. The molecule has 2 heteroatoms. The van der Waals surface area contributed by atoms with Crippen molar-refractivity contribution in [2.75, 3.05) is 0 Å². The minimum absolute atomic E-state index is 0.0543. The van der Waals surface area contributed by atoms with Crippen molar-refractivity contribution in [2.45, 2.75) is 51.9 Å². The number of Topliss-reactive ketones (excluding diaryl/α,β-unsaturated/α-hetero) is 1.